The first-order chi connectivity index (χ1) is 9.10. The Balaban J connectivity index is 2.08. The first kappa shape index (κ1) is 13.0. The van der Waals surface area contributed by atoms with Crippen molar-refractivity contribution in [3.05, 3.63) is 35.9 Å². The molecule has 0 aliphatic carbocycles. The van der Waals surface area contributed by atoms with Gasteiger partial charge in [-0.25, -0.2) is 9.97 Å². The fraction of sp³-hybridized carbons (Fsp3) is 0.333. The molecule has 0 aliphatic rings. The molecule has 0 bridgehead atoms. The summed E-state index contributed by atoms with van der Waals surface area (Å²) in [5, 5.41) is 5.58. The summed E-state index contributed by atoms with van der Waals surface area (Å²) in [5.74, 6) is 1.37. The molecule has 2 heterocycles. The predicted molar refractivity (Wildman–Crippen MR) is 68.7 cm³/mol. The quantitative estimate of drug-likeness (QED) is 0.861. The average Bonchev–Trinajstić information content (AvgIpc) is 2.85. The van der Waals surface area contributed by atoms with E-state index in [1.165, 1.54) is 12.4 Å². The summed E-state index contributed by atoms with van der Waals surface area (Å²) in [6.45, 7) is 3.59. The summed E-state index contributed by atoms with van der Waals surface area (Å²) in [4.78, 5) is 24.1. The van der Waals surface area contributed by atoms with E-state index in [9.17, 15) is 4.79 Å². The lowest BCUT2D eigenvalue weighted by molar-refractivity contribution is 0.0928. The van der Waals surface area contributed by atoms with Gasteiger partial charge in [-0.3, -0.25) is 9.78 Å². The zero-order valence-electron chi connectivity index (χ0n) is 11.0. The zero-order chi connectivity index (χ0) is 13.8. The number of oxazole rings is 1. The van der Waals surface area contributed by atoms with Crippen LogP contribution in [0.5, 0.6) is 0 Å². The molecule has 1 amide bonds. The van der Waals surface area contributed by atoms with Gasteiger partial charge in [0.15, 0.2) is 0 Å². The van der Waals surface area contributed by atoms with Gasteiger partial charge in [0, 0.05) is 7.05 Å². The van der Waals surface area contributed by atoms with Crippen molar-refractivity contribution in [3.8, 4) is 0 Å². The van der Waals surface area contributed by atoms with Gasteiger partial charge < -0.3 is 15.1 Å². The number of hydrogen-bond donors (Lipinski definition) is 2. The molecule has 0 radical (unpaired) electrons. The fourth-order valence-corrected chi connectivity index (χ4v) is 1.50. The SMILES string of the molecule is CNc1cncc(C(=O)NC(C)c2ncc(C)o2)n1. The van der Waals surface area contributed by atoms with Crippen LogP contribution in [0.1, 0.15) is 35.1 Å². The third kappa shape index (κ3) is 3.06. The molecule has 0 saturated heterocycles. The van der Waals surface area contributed by atoms with E-state index in [1.807, 2.05) is 0 Å². The maximum absolute atomic E-state index is 12.0. The first-order valence-corrected chi connectivity index (χ1v) is 5.83. The zero-order valence-corrected chi connectivity index (χ0v) is 11.0. The van der Waals surface area contributed by atoms with Gasteiger partial charge in [-0.1, -0.05) is 0 Å². The van der Waals surface area contributed by atoms with Crippen LogP contribution in [-0.4, -0.2) is 27.9 Å². The molecule has 2 N–H and O–H groups in total. The number of hydrogen-bond acceptors (Lipinski definition) is 6. The lowest BCUT2D eigenvalue weighted by Crippen LogP contribution is -2.27. The molecule has 1 unspecified atom stereocenters. The van der Waals surface area contributed by atoms with Crippen molar-refractivity contribution in [2.75, 3.05) is 12.4 Å². The van der Waals surface area contributed by atoms with E-state index in [0.717, 1.165) is 0 Å². The molecule has 2 aromatic heterocycles. The molecule has 19 heavy (non-hydrogen) atoms. The summed E-state index contributed by atoms with van der Waals surface area (Å²) in [7, 11) is 1.71. The Bertz CT molecular complexity index is 581. The molecule has 2 rings (SSSR count). The summed E-state index contributed by atoms with van der Waals surface area (Å²) in [5.41, 5.74) is 0.238. The number of amides is 1. The Kier molecular flexibility index (Phi) is 3.74. The van der Waals surface area contributed by atoms with Crippen molar-refractivity contribution in [3.63, 3.8) is 0 Å². The van der Waals surface area contributed by atoms with Crippen LogP contribution in [0.25, 0.3) is 0 Å². The number of nitrogens with zero attached hydrogens (tertiary/aromatic N) is 3. The molecule has 7 nitrogen and oxygen atoms in total. The van der Waals surface area contributed by atoms with Crippen molar-refractivity contribution in [2.45, 2.75) is 19.9 Å². The molecule has 1 atom stereocenters. The number of carbonyl (C=O) groups is 1. The summed E-state index contributed by atoms with van der Waals surface area (Å²) in [6, 6.07) is -0.332. The highest BCUT2D eigenvalue weighted by Gasteiger charge is 2.16. The van der Waals surface area contributed by atoms with Gasteiger partial charge in [-0.2, -0.15) is 0 Å². The monoisotopic (exact) mass is 261 g/mol. The normalized spacial score (nSPS) is 11.9. The van der Waals surface area contributed by atoms with Gasteiger partial charge in [-0.05, 0) is 13.8 Å². The van der Waals surface area contributed by atoms with Crippen molar-refractivity contribution in [2.24, 2.45) is 0 Å². The molecule has 100 valence electrons. The number of aromatic nitrogens is 3. The van der Waals surface area contributed by atoms with E-state index >= 15 is 0 Å². The smallest absolute Gasteiger partial charge is 0.272 e. The van der Waals surface area contributed by atoms with Crippen LogP contribution in [0, 0.1) is 6.92 Å². The average molecular weight is 261 g/mol. The minimum Gasteiger partial charge on any atom is -0.444 e. The number of aryl methyl sites for hydroxylation is 1. The summed E-state index contributed by atoms with van der Waals surface area (Å²) >= 11 is 0. The molecule has 0 aliphatic heterocycles. The lowest BCUT2D eigenvalue weighted by atomic mass is 10.3. The van der Waals surface area contributed by atoms with Crippen LogP contribution in [0.3, 0.4) is 0 Å². The Morgan fingerprint density at radius 1 is 1.37 bits per heavy atom. The fourth-order valence-electron chi connectivity index (χ4n) is 1.50. The van der Waals surface area contributed by atoms with Crippen molar-refractivity contribution < 1.29 is 9.21 Å². The Morgan fingerprint density at radius 3 is 2.79 bits per heavy atom. The largest absolute Gasteiger partial charge is 0.444 e. The summed E-state index contributed by atoms with van der Waals surface area (Å²) < 4.78 is 5.35. The van der Waals surface area contributed by atoms with E-state index < -0.39 is 0 Å². The molecule has 0 aromatic carbocycles. The minimum absolute atomic E-state index is 0.238. The van der Waals surface area contributed by atoms with Crippen LogP contribution in [0.2, 0.25) is 0 Å². The van der Waals surface area contributed by atoms with Gasteiger partial charge >= 0.3 is 0 Å². The standard InChI is InChI=1S/C12H15N5O2/c1-7-4-15-12(19-7)8(2)16-11(18)9-5-14-6-10(13-3)17-9/h4-6,8H,1-3H3,(H,13,17)(H,16,18). The van der Waals surface area contributed by atoms with Gasteiger partial charge in [0.05, 0.1) is 18.6 Å². The Hall–Kier alpha value is -2.44. The van der Waals surface area contributed by atoms with Crippen molar-refractivity contribution >= 4 is 11.7 Å². The third-order valence-corrected chi connectivity index (χ3v) is 2.48. The van der Waals surface area contributed by atoms with Gasteiger partial charge in [0.1, 0.15) is 23.3 Å². The maximum atomic E-state index is 12.0. The van der Waals surface area contributed by atoms with Gasteiger partial charge in [0.25, 0.3) is 5.91 Å². The Morgan fingerprint density at radius 2 is 2.16 bits per heavy atom. The molecule has 0 fully saturated rings. The van der Waals surface area contributed by atoms with Crippen LogP contribution in [0.4, 0.5) is 5.82 Å². The van der Waals surface area contributed by atoms with E-state index in [-0.39, 0.29) is 17.6 Å². The maximum Gasteiger partial charge on any atom is 0.272 e. The second kappa shape index (κ2) is 5.47. The molecule has 0 spiro atoms. The number of anilines is 1. The molecule has 7 heteroatoms. The second-order valence-electron chi connectivity index (χ2n) is 4.04. The van der Waals surface area contributed by atoms with Crippen LogP contribution in [0.15, 0.2) is 23.0 Å². The topological polar surface area (TPSA) is 92.9 Å². The molecular formula is C12H15N5O2. The van der Waals surface area contributed by atoms with Crippen molar-refractivity contribution in [1.29, 1.82) is 0 Å². The highest BCUT2D eigenvalue weighted by Crippen LogP contribution is 2.12. The molecular weight excluding hydrogens is 246 g/mol. The number of rotatable bonds is 4. The van der Waals surface area contributed by atoms with Crippen molar-refractivity contribution in [1.82, 2.24) is 20.3 Å². The third-order valence-electron chi connectivity index (χ3n) is 2.48. The summed E-state index contributed by atoms with van der Waals surface area (Å²) in [6.07, 6.45) is 4.56. The minimum atomic E-state index is -0.332. The van der Waals surface area contributed by atoms with E-state index in [2.05, 4.69) is 25.6 Å². The van der Waals surface area contributed by atoms with E-state index in [1.54, 1.807) is 27.1 Å². The van der Waals surface area contributed by atoms with Gasteiger partial charge in [0.2, 0.25) is 5.89 Å². The number of carbonyl (C=O) groups excluding carboxylic acids is 1. The highest BCUT2D eigenvalue weighted by atomic mass is 16.4. The predicted octanol–water partition coefficient (Wildman–Crippen LogP) is 1.31. The highest BCUT2D eigenvalue weighted by molar-refractivity contribution is 5.92. The molecule has 0 saturated carbocycles. The first-order valence-electron chi connectivity index (χ1n) is 5.83. The molecule has 2 aromatic rings. The Labute approximate surface area is 110 Å². The lowest BCUT2D eigenvalue weighted by Gasteiger charge is -2.10. The van der Waals surface area contributed by atoms with Crippen LogP contribution < -0.4 is 10.6 Å². The van der Waals surface area contributed by atoms with Crippen LogP contribution in [-0.2, 0) is 0 Å². The van der Waals surface area contributed by atoms with E-state index in [4.69, 9.17) is 4.42 Å². The number of nitrogens with one attached hydrogen (secondary N) is 2. The van der Waals surface area contributed by atoms with Gasteiger partial charge in [-0.15, -0.1) is 0 Å². The van der Waals surface area contributed by atoms with E-state index in [0.29, 0.717) is 17.5 Å². The van der Waals surface area contributed by atoms with Crippen LogP contribution >= 0.6 is 0 Å². The second-order valence-corrected chi connectivity index (χ2v) is 4.04.